The molecule has 1 aromatic carbocycles. The van der Waals surface area contributed by atoms with Crippen LogP contribution in [0.15, 0.2) is 24.3 Å². The molecule has 0 radical (unpaired) electrons. The molecular weight excluding hydrogens is 206 g/mol. The van der Waals surface area contributed by atoms with Crippen LogP contribution in [0.4, 0.5) is 0 Å². The van der Waals surface area contributed by atoms with Gasteiger partial charge in [-0.15, -0.1) is 0 Å². The van der Waals surface area contributed by atoms with Crippen molar-refractivity contribution in [3.05, 3.63) is 29.8 Å². The maximum atomic E-state index is 9.43. The minimum atomic E-state index is -0.620. The van der Waals surface area contributed by atoms with Crippen LogP contribution < -0.4 is 4.74 Å². The lowest BCUT2D eigenvalue weighted by Gasteiger charge is -2.15. The number of hydrogen-bond donors (Lipinski definition) is 2. The average Bonchev–Trinajstić information content (AvgIpc) is 2.58. The van der Waals surface area contributed by atoms with E-state index in [9.17, 15) is 10.2 Å². The third kappa shape index (κ3) is 2.52. The molecule has 0 amide bonds. The number of aliphatic hydroxyl groups excluding tert-OH is 2. The second-order valence-electron chi connectivity index (χ2n) is 4.18. The molecule has 1 aromatic rings. The van der Waals surface area contributed by atoms with Crippen molar-refractivity contribution in [3.63, 3.8) is 0 Å². The summed E-state index contributed by atoms with van der Waals surface area (Å²) in [5.41, 5.74) is 1.13. The average molecular weight is 223 g/mol. The van der Waals surface area contributed by atoms with Crippen LogP contribution in [-0.2, 0) is 6.54 Å². The zero-order chi connectivity index (χ0) is 11.5. The van der Waals surface area contributed by atoms with Gasteiger partial charge in [-0.25, -0.2) is 0 Å². The predicted molar refractivity (Wildman–Crippen MR) is 60.3 cm³/mol. The topological polar surface area (TPSA) is 52.9 Å². The van der Waals surface area contributed by atoms with Gasteiger partial charge in [0.1, 0.15) is 5.75 Å². The van der Waals surface area contributed by atoms with Gasteiger partial charge in [0, 0.05) is 19.6 Å². The van der Waals surface area contributed by atoms with Crippen molar-refractivity contribution in [2.24, 2.45) is 0 Å². The molecule has 1 aliphatic rings. The third-order valence-corrected chi connectivity index (χ3v) is 2.87. The van der Waals surface area contributed by atoms with E-state index in [2.05, 4.69) is 0 Å². The Bertz CT molecular complexity index is 346. The molecule has 1 saturated heterocycles. The molecule has 4 heteroatoms. The number of likely N-dealkylation sites (tertiary alicyclic amines) is 1. The van der Waals surface area contributed by atoms with E-state index in [0.29, 0.717) is 13.1 Å². The fourth-order valence-electron chi connectivity index (χ4n) is 2.01. The van der Waals surface area contributed by atoms with Gasteiger partial charge < -0.3 is 14.9 Å². The van der Waals surface area contributed by atoms with Gasteiger partial charge in [-0.2, -0.15) is 0 Å². The molecule has 0 aliphatic carbocycles. The van der Waals surface area contributed by atoms with E-state index in [1.165, 1.54) is 0 Å². The highest BCUT2D eigenvalue weighted by molar-refractivity contribution is 5.28. The molecule has 2 rings (SSSR count). The van der Waals surface area contributed by atoms with Crippen molar-refractivity contribution in [2.75, 3.05) is 20.2 Å². The fraction of sp³-hybridized carbons (Fsp3) is 0.500. The number of aliphatic hydroxyl groups is 2. The molecule has 0 saturated carbocycles. The Balaban J connectivity index is 1.99. The second-order valence-corrected chi connectivity index (χ2v) is 4.18. The number of methoxy groups -OCH3 is 1. The van der Waals surface area contributed by atoms with Crippen molar-refractivity contribution in [1.82, 2.24) is 4.90 Å². The monoisotopic (exact) mass is 223 g/mol. The van der Waals surface area contributed by atoms with Crippen LogP contribution in [0.3, 0.4) is 0 Å². The lowest BCUT2D eigenvalue weighted by molar-refractivity contribution is 0.0572. The van der Waals surface area contributed by atoms with Gasteiger partial charge in [0.15, 0.2) is 0 Å². The molecule has 0 bridgehead atoms. The zero-order valence-electron chi connectivity index (χ0n) is 9.34. The Morgan fingerprint density at radius 3 is 2.62 bits per heavy atom. The van der Waals surface area contributed by atoms with Gasteiger partial charge in [0.2, 0.25) is 0 Å². The van der Waals surface area contributed by atoms with Crippen LogP contribution in [-0.4, -0.2) is 47.5 Å². The number of β-amino-alcohol motifs (C(OH)–C–C–N with tert-alkyl or cyclic N) is 2. The van der Waals surface area contributed by atoms with Crippen LogP contribution in [0, 0.1) is 0 Å². The van der Waals surface area contributed by atoms with E-state index in [1.54, 1.807) is 7.11 Å². The molecule has 1 fully saturated rings. The van der Waals surface area contributed by atoms with Crippen molar-refractivity contribution in [1.29, 1.82) is 0 Å². The quantitative estimate of drug-likeness (QED) is 0.770. The minimum absolute atomic E-state index is 0.526. The highest BCUT2D eigenvalue weighted by atomic mass is 16.5. The van der Waals surface area contributed by atoms with Crippen molar-refractivity contribution in [3.8, 4) is 5.75 Å². The molecule has 88 valence electrons. The van der Waals surface area contributed by atoms with E-state index >= 15 is 0 Å². The van der Waals surface area contributed by atoms with Crippen LogP contribution in [0.25, 0.3) is 0 Å². The molecule has 0 spiro atoms. The van der Waals surface area contributed by atoms with Crippen LogP contribution in [0.1, 0.15) is 5.56 Å². The van der Waals surface area contributed by atoms with Crippen molar-refractivity contribution >= 4 is 0 Å². The molecule has 2 atom stereocenters. The van der Waals surface area contributed by atoms with Crippen LogP contribution in [0.2, 0.25) is 0 Å². The van der Waals surface area contributed by atoms with E-state index in [4.69, 9.17) is 4.74 Å². The molecule has 2 N–H and O–H groups in total. The van der Waals surface area contributed by atoms with Gasteiger partial charge in [-0.3, -0.25) is 4.90 Å². The molecule has 0 aromatic heterocycles. The summed E-state index contributed by atoms with van der Waals surface area (Å²) in [7, 11) is 1.64. The standard InChI is InChI=1S/C12H17NO3/c1-16-10-4-2-3-9(5-10)6-13-7-11(14)12(15)8-13/h2-5,11-12,14-15H,6-8H2,1H3/t11-,12+. The second kappa shape index (κ2) is 4.82. The van der Waals surface area contributed by atoms with Gasteiger partial charge >= 0.3 is 0 Å². The number of rotatable bonds is 3. The summed E-state index contributed by atoms with van der Waals surface area (Å²) < 4.78 is 5.14. The summed E-state index contributed by atoms with van der Waals surface area (Å²) in [6, 6.07) is 7.82. The largest absolute Gasteiger partial charge is 0.497 e. The molecule has 4 nitrogen and oxygen atoms in total. The predicted octanol–water partition coefficient (Wildman–Crippen LogP) is 0.233. The highest BCUT2D eigenvalue weighted by Crippen LogP contribution is 2.17. The Kier molecular flexibility index (Phi) is 3.43. The molecule has 16 heavy (non-hydrogen) atoms. The molecule has 1 aliphatic heterocycles. The summed E-state index contributed by atoms with van der Waals surface area (Å²) in [5.74, 6) is 0.831. The van der Waals surface area contributed by atoms with Crippen LogP contribution >= 0.6 is 0 Å². The summed E-state index contributed by atoms with van der Waals surface area (Å²) in [6.45, 7) is 1.78. The van der Waals surface area contributed by atoms with E-state index in [0.717, 1.165) is 17.9 Å². The Morgan fingerprint density at radius 2 is 2.00 bits per heavy atom. The number of benzene rings is 1. The summed E-state index contributed by atoms with van der Waals surface area (Å²) >= 11 is 0. The van der Waals surface area contributed by atoms with Crippen LogP contribution in [0.5, 0.6) is 5.75 Å². The Labute approximate surface area is 95.1 Å². The van der Waals surface area contributed by atoms with E-state index in [-0.39, 0.29) is 0 Å². The highest BCUT2D eigenvalue weighted by Gasteiger charge is 2.29. The first kappa shape index (κ1) is 11.4. The van der Waals surface area contributed by atoms with Crippen molar-refractivity contribution < 1.29 is 14.9 Å². The minimum Gasteiger partial charge on any atom is -0.497 e. The summed E-state index contributed by atoms with van der Waals surface area (Å²) in [6.07, 6.45) is -1.24. The number of ether oxygens (including phenoxy) is 1. The summed E-state index contributed by atoms with van der Waals surface area (Å²) in [4.78, 5) is 2.03. The Hall–Kier alpha value is -1.10. The fourth-order valence-corrected chi connectivity index (χ4v) is 2.01. The first-order valence-corrected chi connectivity index (χ1v) is 5.40. The third-order valence-electron chi connectivity index (χ3n) is 2.87. The maximum absolute atomic E-state index is 9.43. The molecular formula is C12H17NO3. The van der Waals surface area contributed by atoms with Gasteiger partial charge in [-0.05, 0) is 17.7 Å². The van der Waals surface area contributed by atoms with Gasteiger partial charge in [-0.1, -0.05) is 12.1 Å². The zero-order valence-corrected chi connectivity index (χ0v) is 9.34. The molecule has 0 unspecified atom stereocenters. The smallest absolute Gasteiger partial charge is 0.119 e. The molecule has 1 heterocycles. The number of hydrogen-bond acceptors (Lipinski definition) is 4. The lowest BCUT2D eigenvalue weighted by atomic mass is 10.2. The Morgan fingerprint density at radius 1 is 1.31 bits per heavy atom. The number of nitrogens with zero attached hydrogens (tertiary/aromatic N) is 1. The van der Waals surface area contributed by atoms with Gasteiger partial charge in [0.25, 0.3) is 0 Å². The van der Waals surface area contributed by atoms with Gasteiger partial charge in [0.05, 0.1) is 19.3 Å². The first-order chi connectivity index (χ1) is 7.69. The lowest BCUT2D eigenvalue weighted by Crippen LogP contribution is -2.22. The van der Waals surface area contributed by atoms with E-state index < -0.39 is 12.2 Å². The normalized spacial score (nSPS) is 25.9. The SMILES string of the molecule is COc1cccc(CN2C[C@@H](O)[C@@H](O)C2)c1. The summed E-state index contributed by atoms with van der Waals surface area (Å²) in [5, 5.41) is 18.9. The first-order valence-electron chi connectivity index (χ1n) is 5.40. The van der Waals surface area contributed by atoms with Crippen molar-refractivity contribution in [2.45, 2.75) is 18.8 Å². The van der Waals surface area contributed by atoms with E-state index in [1.807, 2.05) is 29.2 Å². The maximum Gasteiger partial charge on any atom is 0.119 e.